The van der Waals surface area contributed by atoms with Crippen LogP contribution in [-0.2, 0) is 38.1 Å². The number of esters is 4. The minimum absolute atomic E-state index is 0.294. The van der Waals surface area contributed by atoms with E-state index in [0.717, 1.165) is 32.1 Å². The Kier molecular flexibility index (Phi) is 28.9. The van der Waals surface area contributed by atoms with E-state index >= 15 is 0 Å². The lowest BCUT2D eigenvalue weighted by atomic mass is 10.00. The monoisotopic (exact) mass is 558 g/mol. The van der Waals surface area contributed by atoms with Crippen molar-refractivity contribution in [3.63, 3.8) is 0 Å². The fourth-order valence-electron chi connectivity index (χ4n) is 4.07. The lowest BCUT2D eigenvalue weighted by molar-refractivity contribution is -0.163. The van der Waals surface area contributed by atoms with Crippen LogP contribution in [0.3, 0.4) is 0 Å². The first-order chi connectivity index (χ1) is 18.8. The van der Waals surface area contributed by atoms with Crippen LogP contribution in [0.2, 0.25) is 0 Å². The van der Waals surface area contributed by atoms with E-state index in [2.05, 4.69) is 13.8 Å². The number of rotatable bonds is 23. The van der Waals surface area contributed by atoms with Gasteiger partial charge in [0.25, 0.3) is 0 Å². The number of ether oxygens (including phenoxy) is 4. The van der Waals surface area contributed by atoms with Crippen molar-refractivity contribution in [1.29, 1.82) is 0 Å². The van der Waals surface area contributed by atoms with Gasteiger partial charge in [0.1, 0.15) is 0 Å². The smallest absolute Gasteiger partial charge is 0.320 e. The van der Waals surface area contributed by atoms with Gasteiger partial charge in [-0.25, -0.2) is 0 Å². The van der Waals surface area contributed by atoms with Gasteiger partial charge in [-0.2, -0.15) is 0 Å². The van der Waals surface area contributed by atoms with Gasteiger partial charge in [0.15, 0.2) is 11.8 Å². The normalized spacial score (nSPS) is 10.6. The first kappa shape index (κ1) is 39.0. The lowest BCUT2D eigenvalue weighted by Gasteiger charge is -2.14. The molecule has 0 N–H and O–H groups in total. The van der Waals surface area contributed by atoms with Crippen LogP contribution in [0.15, 0.2) is 0 Å². The Bertz CT molecular complexity index is 584. The van der Waals surface area contributed by atoms with Crippen LogP contribution in [0.1, 0.15) is 138 Å². The molecule has 0 unspecified atom stereocenters. The van der Waals surface area contributed by atoms with Gasteiger partial charge in [-0.3, -0.25) is 19.2 Å². The van der Waals surface area contributed by atoms with E-state index in [-0.39, 0.29) is 0 Å². The zero-order valence-corrected chi connectivity index (χ0v) is 25.9. The third kappa shape index (κ3) is 22.4. The van der Waals surface area contributed by atoms with Crippen molar-refractivity contribution in [2.75, 3.05) is 26.4 Å². The second-order valence-corrected chi connectivity index (χ2v) is 9.58. The van der Waals surface area contributed by atoms with Gasteiger partial charge in [-0.1, -0.05) is 97.3 Å². The Morgan fingerprint density at radius 1 is 0.385 bits per heavy atom. The minimum atomic E-state index is -0.746. The number of carbonyl (C=O) groups is 4. The van der Waals surface area contributed by atoms with Gasteiger partial charge in [0.2, 0.25) is 0 Å². The predicted octanol–water partition coefficient (Wildman–Crippen LogP) is 7.35. The molecule has 0 aliphatic carbocycles. The molecule has 230 valence electrons. The summed E-state index contributed by atoms with van der Waals surface area (Å²) in [5.74, 6) is -3.30. The molecule has 0 aromatic rings. The molecule has 0 aliphatic heterocycles. The van der Waals surface area contributed by atoms with E-state index in [1.165, 1.54) is 51.4 Å². The molecule has 0 saturated heterocycles. The molecule has 0 aromatic heterocycles. The van der Waals surface area contributed by atoms with Gasteiger partial charge >= 0.3 is 23.9 Å². The summed E-state index contributed by atoms with van der Waals surface area (Å²) in [5, 5.41) is 0. The summed E-state index contributed by atoms with van der Waals surface area (Å²) in [6.07, 6.45) is 16.3. The SMILES string of the molecule is CCCCCC(C(=O)OCC)C(=O)OCC.CCCCCCCCCCCCC(C(=O)OCC)C(=O)OCC. The Labute approximate surface area is 238 Å². The summed E-state index contributed by atoms with van der Waals surface area (Å²) in [6, 6.07) is 0. The van der Waals surface area contributed by atoms with Crippen molar-refractivity contribution >= 4 is 23.9 Å². The quantitative estimate of drug-likeness (QED) is 0.0555. The van der Waals surface area contributed by atoms with E-state index in [0.29, 0.717) is 39.3 Å². The van der Waals surface area contributed by atoms with Crippen molar-refractivity contribution in [2.24, 2.45) is 11.8 Å². The third-order valence-electron chi connectivity index (χ3n) is 6.23. The van der Waals surface area contributed by atoms with Crippen LogP contribution < -0.4 is 0 Å². The maximum atomic E-state index is 11.8. The Morgan fingerprint density at radius 3 is 0.897 bits per heavy atom. The van der Waals surface area contributed by atoms with E-state index < -0.39 is 35.7 Å². The molecule has 0 aliphatic rings. The van der Waals surface area contributed by atoms with E-state index in [4.69, 9.17) is 18.9 Å². The zero-order chi connectivity index (χ0) is 29.7. The first-order valence-corrected chi connectivity index (χ1v) is 15.5. The summed E-state index contributed by atoms with van der Waals surface area (Å²) >= 11 is 0. The summed E-state index contributed by atoms with van der Waals surface area (Å²) in [4.78, 5) is 46.7. The molecule has 0 aromatic carbocycles. The molecule has 0 atom stereocenters. The average molecular weight is 559 g/mol. The molecular formula is C31H58O8. The van der Waals surface area contributed by atoms with Gasteiger partial charge in [0, 0.05) is 0 Å². The number of unbranched alkanes of at least 4 members (excludes halogenated alkanes) is 11. The average Bonchev–Trinajstić information content (AvgIpc) is 2.90. The second-order valence-electron chi connectivity index (χ2n) is 9.58. The molecule has 8 heteroatoms. The molecule has 8 nitrogen and oxygen atoms in total. The molecular weight excluding hydrogens is 500 g/mol. The predicted molar refractivity (Wildman–Crippen MR) is 154 cm³/mol. The fourth-order valence-corrected chi connectivity index (χ4v) is 4.07. The third-order valence-corrected chi connectivity index (χ3v) is 6.23. The highest BCUT2D eigenvalue weighted by Crippen LogP contribution is 2.17. The molecule has 39 heavy (non-hydrogen) atoms. The Morgan fingerprint density at radius 2 is 0.615 bits per heavy atom. The molecule has 0 amide bonds. The summed E-state index contributed by atoms with van der Waals surface area (Å²) in [6.45, 7) is 12.5. The van der Waals surface area contributed by atoms with Crippen molar-refractivity contribution < 1.29 is 38.1 Å². The molecule has 0 rings (SSSR count). The van der Waals surface area contributed by atoms with Crippen LogP contribution in [0.5, 0.6) is 0 Å². The van der Waals surface area contributed by atoms with Gasteiger partial charge in [0.05, 0.1) is 26.4 Å². The van der Waals surface area contributed by atoms with E-state index in [1.807, 2.05) is 0 Å². The van der Waals surface area contributed by atoms with Crippen LogP contribution >= 0.6 is 0 Å². The molecule has 0 bridgehead atoms. The van der Waals surface area contributed by atoms with Crippen LogP contribution in [0.4, 0.5) is 0 Å². The number of hydrogen-bond donors (Lipinski definition) is 0. The molecule has 0 saturated carbocycles. The zero-order valence-electron chi connectivity index (χ0n) is 25.9. The standard InChI is InChI=1S/C19H36O4.C12H22O4/c1-4-7-8-9-10-11-12-13-14-15-16-17(18(20)22-5-2)19(21)23-6-3;1-4-7-8-9-10(11(13)15-5-2)12(14)16-6-3/h17H,4-16H2,1-3H3;10H,4-9H2,1-3H3. The highest BCUT2D eigenvalue weighted by molar-refractivity contribution is 5.95. The molecule has 0 heterocycles. The van der Waals surface area contributed by atoms with Crippen LogP contribution in [0, 0.1) is 11.8 Å². The summed E-state index contributed by atoms with van der Waals surface area (Å²) in [7, 11) is 0. The highest BCUT2D eigenvalue weighted by atomic mass is 16.6. The second kappa shape index (κ2) is 28.9. The van der Waals surface area contributed by atoms with Crippen molar-refractivity contribution in [1.82, 2.24) is 0 Å². The minimum Gasteiger partial charge on any atom is -0.465 e. The lowest BCUT2D eigenvalue weighted by Crippen LogP contribution is -2.28. The number of hydrogen-bond acceptors (Lipinski definition) is 8. The van der Waals surface area contributed by atoms with Crippen LogP contribution in [0.25, 0.3) is 0 Å². The first-order valence-electron chi connectivity index (χ1n) is 15.5. The maximum Gasteiger partial charge on any atom is 0.320 e. The maximum absolute atomic E-state index is 11.8. The van der Waals surface area contributed by atoms with Crippen molar-refractivity contribution in [2.45, 2.75) is 138 Å². The Hall–Kier alpha value is -2.12. The van der Waals surface area contributed by atoms with E-state index in [1.54, 1.807) is 27.7 Å². The highest BCUT2D eigenvalue weighted by Gasteiger charge is 2.29. The summed E-state index contributed by atoms with van der Waals surface area (Å²) in [5.41, 5.74) is 0. The van der Waals surface area contributed by atoms with Crippen molar-refractivity contribution in [3.05, 3.63) is 0 Å². The summed E-state index contributed by atoms with van der Waals surface area (Å²) < 4.78 is 19.7. The number of carbonyl (C=O) groups excluding carboxylic acids is 4. The van der Waals surface area contributed by atoms with Gasteiger partial charge in [-0.05, 0) is 40.5 Å². The van der Waals surface area contributed by atoms with Gasteiger partial charge < -0.3 is 18.9 Å². The van der Waals surface area contributed by atoms with Crippen LogP contribution in [-0.4, -0.2) is 50.3 Å². The van der Waals surface area contributed by atoms with Gasteiger partial charge in [-0.15, -0.1) is 0 Å². The topological polar surface area (TPSA) is 105 Å². The van der Waals surface area contributed by atoms with Crippen molar-refractivity contribution in [3.8, 4) is 0 Å². The molecule has 0 fully saturated rings. The molecule has 0 spiro atoms. The fraction of sp³-hybridized carbons (Fsp3) is 0.871. The Balaban J connectivity index is 0. The largest absolute Gasteiger partial charge is 0.465 e. The van der Waals surface area contributed by atoms with E-state index in [9.17, 15) is 19.2 Å². The molecule has 0 radical (unpaired) electrons.